The highest BCUT2D eigenvalue weighted by atomic mass is 32.3. The highest BCUT2D eigenvalue weighted by molar-refractivity contribution is 7.89. The Labute approximate surface area is 99.4 Å². The molecule has 2 rings (SSSR count). The van der Waals surface area contributed by atoms with Crippen LogP contribution in [0.5, 0.6) is 0 Å². The van der Waals surface area contributed by atoms with E-state index < -0.39 is 10.2 Å². The number of aromatic nitrogens is 1. The number of benzene rings is 1. The van der Waals surface area contributed by atoms with E-state index in [4.69, 9.17) is 0 Å². The summed E-state index contributed by atoms with van der Waals surface area (Å²) in [5.74, 6) is 0. The molecule has 90 valence electrons. The summed E-state index contributed by atoms with van der Waals surface area (Å²) in [5.41, 5.74) is 2.74. The van der Waals surface area contributed by atoms with Crippen LogP contribution in [-0.2, 0) is 17.3 Å². The van der Waals surface area contributed by atoms with Gasteiger partial charge in [0.2, 0.25) is 0 Å². The van der Waals surface area contributed by atoms with Crippen LogP contribution in [-0.4, -0.2) is 13.0 Å². The first kappa shape index (κ1) is 11.9. The van der Waals surface area contributed by atoms with Gasteiger partial charge in [-0.15, -0.1) is 3.89 Å². The first-order valence-corrected chi connectivity index (χ1v) is 6.50. The molecule has 2 aromatic rings. The quantitative estimate of drug-likeness (QED) is 0.772. The van der Waals surface area contributed by atoms with E-state index in [0.717, 1.165) is 16.5 Å². The summed E-state index contributed by atoms with van der Waals surface area (Å²) in [7, 11) is -2.72. The van der Waals surface area contributed by atoms with Gasteiger partial charge < -0.3 is 4.57 Å². The Morgan fingerprint density at radius 2 is 2.06 bits per heavy atom. The molecule has 0 aliphatic heterocycles. The van der Waals surface area contributed by atoms with Crippen LogP contribution in [0.15, 0.2) is 29.8 Å². The van der Waals surface area contributed by atoms with E-state index in [2.05, 4.69) is 0 Å². The van der Waals surface area contributed by atoms with Crippen molar-refractivity contribution in [2.45, 2.75) is 6.92 Å². The molecule has 0 atom stereocenters. The highest BCUT2D eigenvalue weighted by Gasteiger charge is 2.06. The molecule has 0 unspecified atom stereocenters. The molecule has 0 aliphatic carbocycles. The van der Waals surface area contributed by atoms with E-state index in [-0.39, 0.29) is 0 Å². The fourth-order valence-corrected chi connectivity index (χ4v) is 2.13. The van der Waals surface area contributed by atoms with Crippen LogP contribution in [0.2, 0.25) is 0 Å². The van der Waals surface area contributed by atoms with E-state index in [1.54, 1.807) is 6.20 Å². The third-order valence-corrected chi connectivity index (χ3v) is 3.05. The van der Waals surface area contributed by atoms with Gasteiger partial charge in [0, 0.05) is 29.7 Å². The minimum Gasteiger partial charge on any atom is -0.350 e. The summed E-state index contributed by atoms with van der Waals surface area (Å²) < 4.78 is 35.2. The summed E-state index contributed by atoms with van der Waals surface area (Å²) in [6, 6.07) is 5.87. The van der Waals surface area contributed by atoms with Crippen molar-refractivity contribution >= 4 is 27.2 Å². The predicted octanol–water partition coefficient (Wildman–Crippen LogP) is 2.76. The monoisotopic (exact) mass is 253 g/mol. The lowest BCUT2D eigenvalue weighted by molar-refractivity contribution is 0.563. The lowest BCUT2D eigenvalue weighted by Crippen LogP contribution is -1.82. The molecule has 1 aromatic heterocycles. The molecule has 0 N–H and O–H groups in total. The largest absolute Gasteiger partial charge is 0.350 e. The summed E-state index contributed by atoms with van der Waals surface area (Å²) in [6.45, 7) is 1.95. The number of nitrogens with zero attached hydrogens (tertiary/aromatic N) is 1. The van der Waals surface area contributed by atoms with Crippen molar-refractivity contribution in [3.05, 3.63) is 40.9 Å². The van der Waals surface area contributed by atoms with Gasteiger partial charge in [-0.25, -0.2) is 0 Å². The van der Waals surface area contributed by atoms with Gasteiger partial charge in [0.15, 0.2) is 0 Å². The Hall–Kier alpha value is -1.62. The summed E-state index contributed by atoms with van der Waals surface area (Å²) in [5, 5.41) is 1.48. The van der Waals surface area contributed by atoms with Crippen molar-refractivity contribution in [2.24, 2.45) is 7.05 Å². The first-order valence-electron chi connectivity index (χ1n) is 5.05. The van der Waals surface area contributed by atoms with Gasteiger partial charge >= 0.3 is 10.2 Å². The smallest absolute Gasteiger partial charge is 0.325 e. The molecule has 1 aromatic carbocycles. The second-order valence-corrected chi connectivity index (χ2v) is 5.22. The zero-order chi connectivity index (χ0) is 12.6. The van der Waals surface area contributed by atoms with Crippen LogP contribution in [0.1, 0.15) is 11.1 Å². The number of rotatable bonds is 2. The summed E-state index contributed by atoms with van der Waals surface area (Å²) in [4.78, 5) is 0. The average molecular weight is 253 g/mol. The molecule has 0 saturated heterocycles. The van der Waals surface area contributed by atoms with E-state index in [9.17, 15) is 12.3 Å². The van der Waals surface area contributed by atoms with Gasteiger partial charge in [0.05, 0.1) is 5.41 Å². The topological polar surface area (TPSA) is 39.1 Å². The maximum atomic E-state index is 12.4. The second kappa shape index (κ2) is 4.00. The third-order valence-electron chi connectivity index (χ3n) is 2.59. The molecule has 0 radical (unpaired) electrons. The molecular weight excluding hydrogens is 241 g/mol. The average Bonchev–Trinajstić information content (AvgIpc) is 2.51. The Kier molecular flexibility index (Phi) is 2.79. The predicted molar refractivity (Wildman–Crippen MR) is 66.7 cm³/mol. The maximum absolute atomic E-state index is 12.4. The first-order chi connectivity index (χ1) is 7.87. The molecular formula is C12H12FNO2S. The number of halogens is 1. The van der Waals surface area contributed by atoms with Gasteiger partial charge in [0.25, 0.3) is 0 Å². The SMILES string of the molecule is Cc1ccc2c(c1)c(/C=C/S(=O)(=O)F)cn2C. The van der Waals surface area contributed by atoms with Gasteiger partial charge in [0.1, 0.15) is 0 Å². The van der Waals surface area contributed by atoms with Crippen LogP contribution in [0.4, 0.5) is 3.89 Å². The fourth-order valence-electron chi connectivity index (χ4n) is 1.82. The molecule has 3 nitrogen and oxygen atoms in total. The van der Waals surface area contributed by atoms with E-state index in [1.807, 2.05) is 36.7 Å². The Balaban J connectivity index is 2.62. The normalized spacial score (nSPS) is 12.6. The molecule has 0 saturated carbocycles. The number of hydrogen-bond acceptors (Lipinski definition) is 2. The Bertz CT molecular complexity index is 699. The molecule has 0 aliphatic rings. The standard InChI is InChI=1S/C12H12FNO2S/c1-9-3-4-12-11(7-9)10(8-14(12)2)5-6-17(13,15)16/h3-8H,1-2H3/b6-5+. The number of hydrogen-bond donors (Lipinski definition) is 0. The third kappa shape index (κ3) is 2.55. The van der Waals surface area contributed by atoms with Gasteiger partial charge in [-0.3, -0.25) is 0 Å². The van der Waals surface area contributed by atoms with Gasteiger partial charge in [-0.2, -0.15) is 8.42 Å². The van der Waals surface area contributed by atoms with Crippen LogP contribution in [0, 0.1) is 6.92 Å². The van der Waals surface area contributed by atoms with Crippen LogP contribution >= 0.6 is 0 Å². The number of aryl methyl sites for hydroxylation is 2. The number of fused-ring (bicyclic) bond motifs is 1. The zero-order valence-corrected chi connectivity index (χ0v) is 10.3. The van der Waals surface area contributed by atoms with Crippen LogP contribution in [0.25, 0.3) is 17.0 Å². The molecule has 0 spiro atoms. The van der Waals surface area contributed by atoms with E-state index in [1.165, 1.54) is 6.08 Å². The van der Waals surface area contributed by atoms with Crippen molar-refractivity contribution in [3.63, 3.8) is 0 Å². The van der Waals surface area contributed by atoms with Crippen LogP contribution in [0.3, 0.4) is 0 Å². The van der Waals surface area contributed by atoms with E-state index >= 15 is 0 Å². The lowest BCUT2D eigenvalue weighted by Gasteiger charge is -1.96. The Morgan fingerprint density at radius 1 is 1.35 bits per heavy atom. The van der Waals surface area contributed by atoms with Crippen LogP contribution < -0.4 is 0 Å². The van der Waals surface area contributed by atoms with Crippen molar-refractivity contribution in [1.29, 1.82) is 0 Å². The zero-order valence-electron chi connectivity index (χ0n) is 9.51. The fraction of sp³-hybridized carbons (Fsp3) is 0.167. The van der Waals surface area contributed by atoms with Crippen molar-refractivity contribution in [1.82, 2.24) is 4.57 Å². The Morgan fingerprint density at radius 3 is 2.71 bits per heavy atom. The highest BCUT2D eigenvalue weighted by Crippen LogP contribution is 2.23. The molecule has 1 heterocycles. The summed E-state index contributed by atoms with van der Waals surface area (Å²) in [6.07, 6.45) is 3.04. The minimum absolute atomic E-state index is 0.574. The molecule has 0 amide bonds. The molecule has 5 heteroatoms. The minimum atomic E-state index is -4.58. The summed E-state index contributed by atoms with van der Waals surface area (Å²) >= 11 is 0. The van der Waals surface area contributed by atoms with E-state index in [0.29, 0.717) is 11.0 Å². The van der Waals surface area contributed by atoms with Crippen molar-refractivity contribution in [3.8, 4) is 0 Å². The lowest BCUT2D eigenvalue weighted by atomic mass is 10.1. The maximum Gasteiger partial charge on any atom is 0.325 e. The van der Waals surface area contributed by atoms with Gasteiger partial charge in [-0.05, 0) is 25.1 Å². The van der Waals surface area contributed by atoms with Crippen molar-refractivity contribution in [2.75, 3.05) is 0 Å². The molecule has 0 bridgehead atoms. The molecule has 17 heavy (non-hydrogen) atoms. The van der Waals surface area contributed by atoms with Gasteiger partial charge in [-0.1, -0.05) is 11.6 Å². The molecule has 0 fully saturated rings. The second-order valence-electron chi connectivity index (χ2n) is 3.99. The van der Waals surface area contributed by atoms with Crippen molar-refractivity contribution < 1.29 is 12.3 Å².